The lowest BCUT2D eigenvalue weighted by Gasteiger charge is -2.08. The molecule has 0 amide bonds. The van der Waals surface area contributed by atoms with E-state index in [0.29, 0.717) is 0 Å². The van der Waals surface area contributed by atoms with E-state index in [9.17, 15) is 4.79 Å². The standard InChI is InChI=1S/C12H20O/c1-5-7-9-12(8-6-2)10(3)11(4)13/h7-10H,5-6H2,1-4H3/b9-7-,12-8+. The van der Waals surface area contributed by atoms with Crippen LogP contribution in [0.3, 0.4) is 0 Å². The molecule has 0 N–H and O–H groups in total. The third kappa shape index (κ3) is 4.66. The van der Waals surface area contributed by atoms with Crippen molar-refractivity contribution < 1.29 is 4.79 Å². The van der Waals surface area contributed by atoms with E-state index in [2.05, 4.69) is 32.1 Å². The number of hydrogen-bond donors (Lipinski definition) is 0. The third-order valence-electron chi connectivity index (χ3n) is 2.10. The third-order valence-corrected chi connectivity index (χ3v) is 2.10. The average Bonchev–Trinajstić information content (AvgIpc) is 2.11. The zero-order valence-electron chi connectivity index (χ0n) is 9.13. The zero-order valence-corrected chi connectivity index (χ0v) is 9.13. The maximum Gasteiger partial charge on any atom is 0.136 e. The Morgan fingerprint density at radius 3 is 2.31 bits per heavy atom. The summed E-state index contributed by atoms with van der Waals surface area (Å²) in [5, 5.41) is 0. The molecular weight excluding hydrogens is 160 g/mol. The Balaban J connectivity index is 4.51. The van der Waals surface area contributed by atoms with E-state index in [1.165, 1.54) is 0 Å². The molecule has 0 aromatic heterocycles. The lowest BCUT2D eigenvalue weighted by atomic mass is 9.96. The van der Waals surface area contributed by atoms with Gasteiger partial charge in [0.05, 0.1) is 0 Å². The molecule has 0 aliphatic carbocycles. The Morgan fingerprint density at radius 2 is 1.92 bits per heavy atom. The van der Waals surface area contributed by atoms with Crippen molar-refractivity contribution >= 4 is 5.78 Å². The summed E-state index contributed by atoms with van der Waals surface area (Å²) < 4.78 is 0. The van der Waals surface area contributed by atoms with Gasteiger partial charge in [0.25, 0.3) is 0 Å². The van der Waals surface area contributed by atoms with Crippen molar-refractivity contribution in [1.29, 1.82) is 0 Å². The van der Waals surface area contributed by atoms with Crippen LogP contribution in [0.25, 0.3) is 0 Å². The first-order valence-corrected chi connectivity index (χ1v) is 5.00. The molecule has 0 bridgehead atoms. The Bertz CT molecular complexity index is 211. The van der Waals surface area contributed by atoms with Gasteiger partial charge in [0.15, 0.2) is 0 Å². The largest absolute Gasteiger partial charge is 0.299 e. The Hall–Kier alpha value is -0.850. The van der Waals surface area contributed by atoms with Gasteiger partial charge in [-0.05, 0) is 25.3 Å². The number of carbonyl (C=O) groups excluding carboxylic acids is 1. The van der Waals surface area contributed by atoms with Crippen LogP contribution in [0.5, 0.6) is 0 Å². The lowest BCUT2D eigenvalue weighted by molar-refractivity contribution is -0.119. The summed E-state index contributed by atoms with van der Waals surface area (Å²) in [6, 6.07) is 0. The number of carbonyl (C=O) groups is 1. The molecule has 0 heterocycles. The van der Waals surface area contributed by atoms with Gasteiger partial charge in [0.1, 0.15) is 5.78 Å². The number of hydrogen-bond acceptors (Lipinski definition) is 1. The minimum absolute atomic E-state index is 0.0442. The molecule has 13 heavy (non-hydrogen) atoms. The SMILES string of the molecule is CC/C=C\C(=C/CC)C(C)C(C)=O. The van der Waals surface area contributed by atoms with Crippen LogP contribution in [-0.2, 0) is 4.79 Å². The number of rotatable bonds is 5. The minimum Gasteiger partial charge on any atom is -0.299 e. The van der Waals surface area contributed by atoms with E-state index in [4.69, 9.17) is 0 Å². The van der Waals surface area contributed by atoms with E-state index in [1.807, 2.05) is 6.92 Å². The Morgan fingerprint density at radius 1 is 1.31 bits per heavy atom. The van der Waals surface area contributed by atoms with Gasteiger partial charge in [-0.2, -0.15) is 0 Å². The molecule has 0 saturated carbocycles. The molecule has 74 valence electrons. The fraction of sp³-hybridized carbons (Fsp3) is 0.583. The van der Waals surface area contributed by atoms with Gasteiger partial charge in [-0.1, -0.05) is 39.0 Å². The highest BCUT2D eigenvalue weighted by molar-refractivity contribution is 5.81. The highest BCUT2D eigenvalue weighted by atomic mass is 16.1. The van der Waals surface area contributed by atoms with E-state index < -0.39 is 0 Å². The summed E-state index contributed by atoms with van der Waals surface area (Å²) in [4.78, 5) is 11.1. The summed E-state index contributed by atoms with van der Waals surface area (Å²) in [7, 11) is 0. The predicted octanol–water partition coefficient (Wildman–Crippen LogP) is 3.51. The number of allylic oxidation sites excluding steroid dienone is 4. The van der Waals surface area contributed by atoms with Crippen molar-refractivity contribution in [2.45, 2.75) is 40.5 Å². The molecule has 1 atom stereocenters. The van der Waals surface area contributed by atoms with Gasteiger partial charge in [0.2, 0.25) is 0 Å². The second-order valence-electron chi connectivity index (χ2n) is 3.26. The van der Waals surface area contributed by atoms with Gasteiger partial charge in [-0.25, -0.2) is 0 Å². The van der Waals surface area contributed by atoms with Crippen LogP contribution >= 0.6 is 0 Å². The normalized spacial score (nSPS) is 14.9. The minimum atomic E-state index is 0.0442. The molecule has 1 unspecified atom stereocenters. The summed E-state index contributed by atoms with van der Waals surface area (Å²) in [6.45, 7) is 7.79. The molecule has 0 aromatic rings. The van der Waals surface area contributed by atoms with E-state index in [1.54, 1.807) is 6.92 Å². The highest BCUT2D eigenvalue weighted by Gasteiger charge is 2.09. The van der Waals surface area contributed by atoms with Crippen molar-refractivity contribution in [3.8, 4) is 0 Å². The van der Waals surface area contributed by atoms with E-state index in [0.717, 1.165) is 18.4 Å². The molecule has 1 nitrogen and oxygen atoms in total. The van der Waals surface area contributed by atoms with Gasteiger partial charge in [0, 0.05) is 5.92 Å². The zero-order chi connectivity index (χ0) is 10.3. The summed E-state index contributed by atoms with van der Waals surface area (Å²) >= 11 is 0. The van der Waals surface area contributed by atoms with Crippen molar-refractivity contribution in [2.24, 2.45) is 5.92 Å². The molecule has 0 aliphatic heterocycles. The molecule has 0 radical (unpaired) electrons. The fourth-order valence-corrected chi connectivity index (χ4v) is 1.11. The van der Waals surface area contributed by atoms with Crippen LogP contribution < -0.4 is 0 Å². The predicted molar refractivity (Wildman–Crippen MR) is 57.7 cm³/mol. The highest BCUT2D eigenvalue weighted by Crippen LogP contribution is 2.14. The number of ketones is 1. The van der Waals surface area contributed by atoms with Crippen LogP contribution in [0.2, 0.25) is 0 Å². The second kappa shape index (κ2) is 6.64. The number of Topliss-reactive ketones (excluding diaryl/α,β-unsaturated/α-hetero) is 1. The molecule has 0 spiro atoms. The molecule has 0 aliphatic rings. The maximum absolute atomic E-state index is 11.1. The lowest BCUT2D eigenvalue weighted by Crippen LogP contribution is -2.08. The molecule has 0 aromatic carbocycles. The summed E-state index contributed by atoms with van der Waals surface area (Å²) in [5.74, 6) is 0.281. The first kappa shape index (κ1) is 12.2. The Labute approximate surface area is 81.5 Å². The van der Waals surface area contributed by atoms with Crippen LogP contribution in [-0.4, -0.2) is 5.78 Å². The molecule has 0 fully saturated rings. The summed E-state index contributed by atoms with van der Waals surface area (Å²) in [5.41, 5.74) is 1.15. The monoisotopic (exact) mass is 180 g/mol. The van der Waals surface area contributed by atoms with Crippen LogP contribution in [0.1, 0.15) is 40.5 Å². The van der Waals surface area contributed by atoms with Gasteiger partial charge in [-0.3, -0.25) is 4.79 Å². The first-order chi connectivity index (χ1) is 6.13. The van der Waals surface area contributed by atoms with Gasteiger partial charge < -0.3 is 0 Å². The van der Waals surface area contributed by atoms with Crippen molar-refractivity contribution in [1.82, 2.24) is 0 Å². The summed E-state index contributed by atoms with van der Waals surface area (Å²) in [6.07, 6.45) is 8.29. The topological polar surface area (TPSA) is 17.1 Å². The smallest absolute Gasteiger partial charge is 0.136 e. The quantitative estimate of drug-likeness (QED) is 0.592. The van der Waals surface area contributed by atoms with Crippen molar-refractivity contribution in [3.63, 3.8) is 0 Å². The molecular formula is C12H20O. The van der Waals surface area contributed by atoms with Gasteiger partial charge >= 0.3 is 0 Å². The van der Waals surface area contributed by atoms with Crippen LogP contribution in [0.4, 0.5) is 0 Å². The van der Waals surface area contributed by atoms with Crippen molar-refractivity contribution in [2.75, 3.05) is 0 Å². The van der Waals surface area contributed by atoms with E-state index >= 15 is 0 Å². The van der Waals surface area contributed by atoms with Crippen molar-refractivity contribution in [3.05, 3.63) is 23.8 Å². The molecule has 0 saturated heterocycles. The molecule has 0 rings (SSSR count). The van der Waals surface area contributed by atoms with Gasteiger partial charge in [-0.15, -0.1) is 0 Å². The van der Waals surface area contributed by atoms with Crippen LogP contribution in [0, 0.1) is 5.92 Å². The molecule has 1 heteroatoms. The fourth-order valence-electron chi connectivity index (χ4n) is 1.11. The first-order valence-electron chi connectivity index (χ1n) is 5.00. The maximum atomic E-state index is 11.1. The van der Waals surface area contributed by atoms with Crippen LogP contribution in [0.15, 0.2) is 23.8 Å². The second-order valence-corrected chi connectivity index (χ2v) is 3.26. The van der Waals surface area contributed by atoms with E-state index in [-0.39, 0.29) is 11.7 Å². The average molecular weight is 180 g/mol. The Kier molecular flexibility index (Phi) is 6.21.